The number of piperidine rings is 1. The van der Waals surface area contributed by atoms with Gasteiger partial charge >= 0.3 is 0 Å². The van der Waals surface area contributed by atoms with Crippen LogP contribution < -0.4 is 16.4 Å². The van der Waals surface area contributed by atoms with Crippen molar-refractivity contribution in [1.29, 1.82) is 0 Å². The molecule has 1 fully saturated rings. The third kappa shape index (κ3) is 3.79. The maximum atomic E-state index is 12.0. The minimum Gasteiger partial charge on any atom is -0.366 e. The lowest BCUT2D eigenvalue weighted by molar-refractivity contribution is -0.125. The third-order valence-electron chi connectivity index (χ3n) is 3.39. The van der Waals surface area contributed by atoms with E-state index in [0.717, 1.165) is 31.5 Å². The van der Waals surface area contributed by atoms with Gasteiger partial charge in [0.1, 0.15) is 0 Å². The van der Waals surface area contributed by atoms with Crippen LogP contribution >= 0.6 is 0 Å². The molecule has 1 heterocycles. The molecule has 5 heteroatoms. The highest BCUT2D eigenvalue weighted by Gasteiger charge is 2.20. The minimum atomic E-state index is -0.452. The standard InChI is InChI=1S/C14H19N3O2/c15-13(18)12-3-1-2-10(8-12)9-17-14(19)11-4-6-16-7-5-11/h1-3,8,11,16H,4-7,9H2,(H2,15,18)(H,17,19). The second-order valence-electron chi connectivity index (χ2n) is 4.81. The number of carbonyl (C=O) groups excluding carboxylic acids is 2. The van der Waals surface area contributed by atoms with Gasteiger partial charge in [0.05, 0.1) is 0 Å². The molecule has 0 spiro atoms. The maximum absolute atomic E-state index is 12.0. The summed E-state index contributed by atoms with van der Waals surface area (Å²) in [4.78, 5) is 23.0. The molecule has 0 saturated carbocycles. The van der Waals surface area contributed by atoms with Gasteiger partial charge in [0.2, 0.25) is 11.8 Å². The second-order valence-corrected chi connectivity index (χ2v) is 4.81. The molecule has 0 aromatic heterocycles. The van der Waals surface area contributed by atoms with Crippen molar-refractivity contribution in [2.24, 2.45) is 11.7 Å². The first kappa shape index (κ1) is 13.5. The minimum absolute atomic E-state index is 0.0889. The Morgan fingerprint density at radius 2 is 2.05 bits per heavy atom. The van der Waals surface area contributed by atoms with Gasteiger partial charge < -0.3 is 16.4 Å². The summed E-state index contributed by atoms with van der Waals surface area (Å²) in [6, 6.07) is 7.02. The van der Waals surface area contributed by atoms with Crippen LogP contribution in [-0.4, -0.2) is 24.9 Å². The van der Waals surface area contributed by atoms with Gasteiger partial charge in [-0.2, -0.15) is 0 Å². The van der Waals surface area contributed by atoms with Gasteiger partial charge in [-0.25, -0.2) is 0 Å². The number of nitrogens with one attached hydrogen (secondary N) is 2. The Morgan fingerprint density at radius 1 is 1.32 bits per heavy atom. The van der Waals surface area contributed by atoms with Gasteiger partial charge in [0.15, 0.2) is 0 Å². The molecule has 1 aromatic rings. The van der Waals surface area contributed by atoms with Gasteiger partial charge in [-0.05, 0) is 43.6 Å². The zero-order valence-electron chi connectivity index (χ0n) is 10.8. The molecular formula is C14H19N3O2. The Kier molecular flexibility index (Phi) is 4.52. The number of hydrogen-bond donors (Lipinski definition) is 3. The zero-order valence-corrected chi connectivity index (χ0v) is 10.8. The largest absolute Gasteiger partial charge is 0.366 e. The van der Waals surface area contributed by atoms with Crippen LogP contribution in [0.1, 0.15) is 28.8 Å². The molecule has 19 heavy (non-hydrogen) atoms. The van der Waals surface area contributed by atoms with Crippen LogP contribution in [0.5, 0.6) is 0 Å². The molecule has 1 aliphatic rings. The number of primary amides is 1. The molecule has 1 saturated heterocycles. The van der Waals surface area contributed by atoms with E-state index >= 15 is 0 Å². The Labute approximate surface area is 112 Å². The van der Waals surface area contributed by atoms with Crippen LogP contribution in [0.4, 0.5) is 0 Å². The summed E-state index contributed by atoms with van der Waals surface area (Å²) in [6.45, 7) is 2.23. The van der Waals surface area contributed by atoms with Crippen molar-refractivity contribution in [1.82, 2.24) is 10.6 Å². The molecule has 2 amide bonds. The Bertz CT molecular complexity index is 468. The molecule has 1 aromatic carbocycles. The lowest BCUT2D eigenvalue weighted by Crippen LogP contribution is -2.37. The van der Waals surface area contributed by atoms with E-state index in [1.807, 2.05) is 6.07 Å². The van der Waals surface area contributed by atoms with E-state index in [2.05, 4.69) is 10.6 Å². The molecule has 0 aliphatic carbocycles. The molecule has 0 atom stereocenters. The molecular weight excluding hydrogens is 242 g/mol. The van der Waals surface area contributed by atoms with Gasteiger partial charge in [-0.1, -0.05) is 12.1 Å². The number of carbonyl (C=O) groups is 2. The molecule has 5 nitrogen and oxygen atoms in total. The fourth-order valence-corrected chi connectivity index (χ4v) is 2.25. The first-order valence-corrected chi connectivity index (χ1v) is 6.54. The fourth-order valence-electron chi connectivity index (χ4n) is 2.25. The average molecular weight is 261 g/mol. The van der Waals surface area contributed by atoms with Crippen molar-refractivity contribution >= 4 is 11.8 Å². The number of hydrogen-bond acceptors (Lipinski definition) is 3. The topological polar surface area (TPSA) is 84.2 Å². The van der Waals surface area contributed by atoms with Crippen LogP contribution in [0.2, 0.25) is 0 Å². The van der Waals surface area contributed by atoms with Gasteiger partial charge in [0.25, 0.3) is 0 Å². The number of nitrogens with two attached hydrogens (primary N) is 1. The summed E-state index contributed by atoms with van der Waals surface area (Å²) in [7, 11) is 0. The monoisotopic (exact) mass is 261 g/mol. The van der Waals surface area contributed by atoms with Crippen molar-refractivity contribution in [3.63, 3.8) is 0 Å². The molecule has 4 N–H and O–H groups in total. The van der Waals surface area contributed by atoms with Gasteiger partial charge in [0, 0.05) is 18.0 Å². The lowest BCUT2D eigenvalue weighted by atomic mass is 9.97. The Hall–Kier alpha value is -1.88. The molecule has 0 unspecified atom stereocenters. The van der Waals surface area contributed by atoms with E-state index in [-0.39, 0.29) is 11.8 Å². The molecule has 1 aliphatic heterocycles. The number of rotatable bonds is 4. The number of benzene rings is 1. The molecule has 102 valence electrons. The highest BCUT2D eigenvalue weighted by atomic mass is 16.2. The molecule has 2 rings (SSSR count). The highest BCUT2D eigenvalue weighted by molar-refractivity contribution is 5.92. The summed E-state index contributed by atoms with van der Waals surface area (Å²) in [6.07, 6.45) is 1.76. The van der Waals surface area contributed by atoms with E-state index in [4.69, 9.17) is 5.73 Å². The average Bonchev–Trinajstić information content (AvgIpc) is 2.46. The van der Waals surface area contributed by atoms with Crippen molar-refractivity contribution in [2.45, 2.75) is 19.4 Å². The van der Waals surface area contributed by atoms with Gasteiger partial charge in [-0.15, -0.1) is 0 Å². The lowest BCUT2D eigenvalue weighted by Gasteiger charge is -2.21. The smallest absolute Gasteiger partial charge is 0.248 e. The van der Waals surface area contributed by atoms with Crippen LogP contribution in [0.3, 0.4) is 0 Å². The Balaban J connectivity index is 1.89. The normalized spacial score (nSPS) is 16.0. The van der Waals surface area contributed by atoms with Crippen molar-refractivity contribution in [2.75, 3.05) is 13.1 Å². The number of amides is 2. The van der Waals surface area contributed by atoms with E-state index in [9.17, 15) is 9.59 Å². The first-order valence-electron chi connectivity index (χ1n) is 6.54. The van der Waals surface area contributed by atoms with Crippen LogP contribution in [-0.2, 0) is 11.3 Å². The predicted octanol–water partition coefficient (Wildman–Crippen LogP) is 0.401. The summed E-state index contributed by atoms with van der Waals surface area (Å²) in [5.74, 6) is -0.266. The van der Waals surface area contributed by atoms with Crippen LogP contribution in [0.25, 0.3) is 0 Å². The quantitative estimate of drug-likeness (QED) is 0.733. The predicted molar refractivity (Wildman–Crippen MR) is 72.4 cm³/mol. The molecule has 0 radical (unpaired) electrons. The van der Waals surface area contributed by atoms with E-state index in [1.54, 1.807) is 18.2 Å². The van der Waals surface area contributed by atoms with Gasteiger partial charge in [-0.3, -0.25) is 9.59 Å². The van der Waals surface area contributed by atoms with E-state index in [0.29, 0.717) is 12.1 Å². The third-order valence-corrected chi connectivity index (χ3v) is 3.39. The first-order chi connectivity index (χ1) is 9.16. The highest BCUT2D eigenvalue weighted by Crippen LogP contribution is 2.12. The summed E-state index contributed by atoms with van der Waals surface area (Å²) < 4.78 is 0. The van der Waals surface area contributed by atoms with Crippen molar-refractivity contribution in [3.8, 4) is 0 Å². The zero-order chi connectivity index (χ0) is 13.7. The van der Waals surface area contributed by atoms with E-state index < -0.39 is 5.91 Å². The van der Waals surface area contributed by atoms with Crippen molar-refractivity contribution < 1.29 is 9.59 Å². The fraction of sp³-hybridized carbons (Fsp3) is 0.429. The van der Waals surface area contributed by atoms with Crippen LogP contribution in [0, 0.1) is 5.92 Å². The summed E-state index contributed by atoms with van der Waals surface area (Å²) in [5, 5.41) is 6.15. The van der Waals surface area contributed by atoms with Crippen molar-refractivity contribution in [3.05, 3.63) is 35.4 Å². The second kappa shape index (κ2) is 6.33. The maximum Gasteiger partial charge on any atom is 0.248 e. The van der Waals surface area contributed by atoms with E-state index in [1.165, 1.54) is 0 Å². The summed E-state index contributed by atoms with van der Waals surface area (Å²) in [5.41, 5.74) is 6.58. The Morgan fingerprint density at radius 3 is 2.74 bits per heavy atom. The molecule has 0 bridgehead atoms. The summed E-state index contributed by atoms with van der Waals surface area (Å²) >= 11 is 0. The SMILES string of the molecule is NC(=O)c1cccc(CNC(=O)C2CCNCC2)c1. The van der Waals surface area contributed by atoms with Crippen LogP contribution in [0.15, 0.2) is 24.3 Å².